The summed E-state index contributed by atoms with van der Waals surface area (Å²) < 4.78 is 0. The second kappa shape index (κ2) is 15.3. The van der Waals surface area contributed by atoms with E-state index in [9.17, 15) is 25.2 Å². The van der Waals surface area contributed by atoms with Crippen LogP contribution in [0.25, 0.3) is 15.8 Å². The van der Waals surface area contributed by atoms with Crippen LogP contribution in [0.4, 0.5) is 5.69 Å². The molecule has 8 atom stereocenters. The Labute approximate surface area is 302 Å². The Bertz CT molecular complexity index is 1820. The molecule has 0 radical (unpaired) electrons. The minimum atomic E-state index is -0.819. The van der Waals surface area contributed by atoms with Gasteiger partial charge in [-0.05, 0) is 118 Å². The van der Waals surface area contributed by atoms with Gasteiger partial charge in [0.15, 0.2) is 11.7 Å². The van der Waals surface area contributed by atoms with Crippen LogP contribution >= 0.6 is 22.7 Å². The Morgan fingerprint density at radius 2 is 1.88 bits per heavy atom. The van der Waals surface area contributed by atoms with Gasteiger partial charge in [-0.1, -0.05) is 18.1 Å². The fourth-order valence-corrected chi connectivity index (χ4v) is 10.5. The summed E-state index contributed by atoms with van der Waals surface area (Å²) in [6.45, 7) is 3.26. The fourth-order valence-electron chi connectivity index (χ4n) is 8.48. The molecule has 9 nitrogen and oxygen atoms in total. The summed E-state index contributed by atoms with van der Waals surface area (Å²) in [5, 5.41) is 48.6. The number of hydrogen-bond donors (Lipinski definition) is 7. The molecule has 2 aromatic heterocycles. The minimum Gasteiger partial charge on any atom is -0.507 e. The van der Waals surface area contributed by atoms with Crippen LogP contribution in [0.3, 0.4) is 0 Å². The Morgan fingerprint density at radius 3 is 2.62 bits per heavy atom. The lowest BCUT2D eigenvalue weighted by atomic mass is 9.58. The molecule has 0 bridgehead atoms. The number of hydrogen-bond acceptors (Lipinski definition) is 9. The molecular formula is C39H48N4O5S2. The van der Waals surface area contributed by atoms with Gasteiger partial charge in [0.05, 0.1) is 34.6 Å². The van der Waals surface area contributed by atoms with E-state index in [0.717, 1.165) is 56.4 Å². The number of thiophene rings is 2. The molecule has 0 amide bonds. The van der Waals surface area contributed by atoms with Gasteiger partial charge in [-0.25, -0.2) is 0 Å². The van der Waals surface area contributed by atoms with Crippen molar-refractivity contribution in [2.45, 2.75) is 83.1 Å². The summed E-state index contributed by atoms with van der Waals surface area (Å²) in [5.41, 5.74) is 8.31. The number of carbonyl (C=O) groups is 1. The van der Waals surface area contributed by atoms with Crippen LogP contribution in [0, 0.1) is 35.0 Å². The van der Waals surface area contributed by atoms with Crippen LogP contribution < -0.4 is 16.4 Å². The number of nitrogens with two attached hydrogens (primary N) is 1. The normalized spacial score (nSPS) is 26.4. The number of carbonyl (C=O) groups excluding carboxylic acids is 1. The number of aromatic hydroxyl groups is 1. The van der Waals surface area contributed by atoms with Crippen molar-refractivity contribution >= 4 is 46.2 Å². The third-order valence-electron chi connectivity index (χ3n) is 11.0. The van der Waals surface area contributed by atoms with Crippen LogP contribution in [0.15, 0.2) is 47.5 Å². The molecule has 1 spiro atoms. The second-order valence-electron chi connectivity index (χ2n) is 14.2. The van der Waals surface area contributed by atoms with Crippen molar-refractivity contribution < 1.29 is 25.2 Å². The van der Waals surface area contributed by atoms with Crippen LogP contribution in [0.5, 0.6) is 5.75 Å². The molecule has 0 saturated heterocycles. The predicted octanol–water partition coefficient (Wildman–Crippen LogP) is 5.63. The SMILES string of the molecule is CC#Cc1ccc(-c2ccc(C(=O)[C@H]3CC[C@H]([C@@H](Cc4cc(O)c5c(c4)N[C@H]([C@H](C)O)C=C5)NC(N)=NC)C[C@@]34CC[C@H]([C@H](O)CO)C4)s2)s1. The highest BCUT2D eigenvalue weighted by molar-refractivity contribution is 7.23. The van der Waals surface area contributed by atoms with Gasteiger partial charge in [0, 0.05) is 40.0 Å². The zero-order chi connectivity index (χ0) is 35.6. The van der Waals surface area contributed by atoms with Crippen LogP contribution in [-0.2, 0) is 6.42 Å². The van der Waals surface area contributed by atoms with Crippen LogP contribution in [-0.4, -0.2) is 70.1 Å². The molecule has 3 aromatic rings. The lowest BCUT2D eigenvalue weighted by molar-refractivity contribution is 0.0187. The average Bonchev–Trinajstić information content (AvgIpc) is 3.88. The molecule has 0 unspecified atom stereocenters. The number of fused-ring (bicyclic) bond motifs is 1. The van der Waals surface area contributed by atoms with E-state index in [-0.39, 0.29) is 53.4 Å². The van der Waals surface area contributed by atoms with E-state index in [1.54, 1.807) is 31.4 Å². The van der Waals surface area contributed by atoms with Crippen molar-refractivity contribution in [1.82, 2.24) is 5.32 Å². The largest absolute Gasteiger partial charge is 0.507 e. The highest BCUT2D eigenvalue weighted by atomic mass is 32.1. The number of phenolic OH excluding ortho intramolecular Hbond substituents is 1. The summed E-state index contributed by atoms with van der Waals surface area (Å²) in [4.78, 5) is 22.6. The molecule has 3 heterocycles. The Kier molecular flexibility index (Phi) is 11.1. The molecule has 50 heavy (non-hydrogen) atoms. The van der Waals surface area contributed by atoms with Crippen molar-refractivity contribution in [1.29, 1.82) is 0 Å². The molecule has 1 aromatic carbocycles. The summed E-state index contributed by atoms with van der Waals surface area (Å²) in [6, 6.07) is 11.5. The number of ketones is 1. The fraction of sp³-hybridized carbons (Fsp3) is 0.487. The quantitative estimate of drug-likeness (QED) is 0.0616. The van der Waals surface area contributed by atoms with Gasteiger partial charge in [0.25, 0.3) is 0 Å². The number of nitrogens with one attached hydrogen (secondary N) is 2. The standard InChI is InChI=1S/C39H48N4O5S2/c1-4-5-26-7-11-34(49-26)35-12-13-36(50-35)37(48)28-9-6-24(19-39(28)15-14-25(20-39)33(47)21-44)30(43-38(40)41-3)16-23-17-31-27(32(46)18-23)8-10-29(42-31)22(2)45/h7-8,10-13,17-18,22,24-25,28-30,33,42,44-47H,6,9,14-16,19-21H2,1-3H3,(H3,40,41,43)/t22-,24-,25-,28+,29-,30+,33+,39+/m0/s1. The number of aliphatic imine (C=N–C) groups is 1. The van der Waals surface area contributed by atoms with Gasteiger partial charge in [-0.2, -0.15) is 0 Å². The molecule has 266 valence electrons. The molecule has 8 N–H and O–H groups in total. The first-order valence-corrected chi connectivity index (χ1v) is 19.1. The number of benzene rings is 1. The third kappa shape index (κ3) is 7.51. The zero-order valence-electron chi connectivity index (χ0n) is 28.9. The number of anilines is 1. The average molecular weight is 717 g/mol. The van der Waals surface area contributed by atoms with E-state index < -0.39 is 12.2 Å². The van der Waals surface area contributed by atoms with Crippen LogP contribution in [0.2, 0.25) is 0 Å². The molecular weight excluding hydrogens is 669 g/mol. The number of aliphatic hydroxyl groups is 3. The topological polar surface area (TPSA) is 160 Å². The van der Waals surface area contributed by atoms with Gasteiger partial charge in [-0.3, -0.25) is 9.79 Å². The number of nitrogens with zero attached hydrogens (tertiary/aromatic N) is 1. The minimum absolute atomic E-state index is 0.0792. The van der Waals surface area contributed by atoms with Crippen molar-refractivity contribution in [2.24, 2.45) is 33.9 Å². The van der Waals surface area contributed by atoms with Gasteiger partial charge in [-0.15, -0.1) is 28.6 Å². The first-order chi connectivity index (χ1) is 24.0. The number of aliphatic hydroxyl groups excluding tert-OH is 3. The van der Waals surface area contributed by atoms with E-state index >= 15 is 0 Å². The second-order valence-corrected chi connectivity index (χ2v) is 16.4. The van der Waals surface area contributed by atoms with Gasteiger partial charge >= 0.3 is 0 Å². The summed E-state index contributed by atoms with van der Waals surface area (Å²) in [7, 11) is 1.65. The smallest absolute Gasteiger partial charge is 0.188 e. The Morgan fingerprint density at radius 1 is 1.12 bits per heavy atom. The van der Waals surface area contributed by atoms with Crippen molar-refractivity contribution in [3.63, 3.8) is 0 Å². The van der Waals surface area contributed by atoms with Gasteiger partial charge in [0.1, 0.15) is 5.75 Å². The molecule has 11 heteroatoms. The number of guanidine groups is 1. The van der Waals surface area contributed by atoms with E-state index in [4.69, 9.17) is 5.73 Å². The molecule has 2 fully saturated rings. The van der Waals surface area contributed by atoms with Gasteiger partial charge in [0.2, 0.25) is 0 Å². The third-order valence-corrected chi connectivity index (χ3v) is 13.3. The maximum absolute atomic E-state index is 14.5. The number of phenols is 1. The first kappa shape index (κ1) is 36.1. The van der Waals surface area contributed by atoms with E-state index in [0.29, 0.717) is 30.8 Å². The van der Waals surface area contributed by atoms with Crippen molar-refractivity contribution in [2.75, 3.05) is 19.0 Å². The molecule has 3 aliphatic rings. The summed E-state index contributed by atoms with van der Waals surface area (Å²) >= 11 is 3.17. The number of Topliss-reactive ketones (excluding diaryl/α,β-unsaturated/α-hetero) is 1. The molecule has 2 aliphatic carbocycles. The van der Waals surface area contributed by atoms with E-state index in [1.807, 2.05) is 43.3 Å². The monoisotopic (exact) mass is 716 g/mol. The van der Waals surface area contributed by atoms with Gasteiger partial charge < -0.3 is 36.8 Å². The molecule has 1 aliphatic heterocycles. The molecule has 6 rings (SSSR count). The van der Waals surface area contributed by atoms with E-state index in [2.05, 4.69) is 33.5 Å². The first-order valence-electron chi connectivity index (χ1n) is 17.5. The predicted molar refractivity (Wildman–Crippen MR) is 203 cm³/mol. The zero-order valence-corrected chi connectivity index (χ0v) is 30.5. The van der Waals surface area contributed by atoms with Crippen molar-refractivity contribution in [3.05, 3.63) is 63.4 Å². The maximum Gasteiger partial charge on any atom is 0.188 e. The summed E-state index contributed by atoms with van der Waals surface area (Å²) in [6.07, 6.45) is 7.32. The lowest BCUT2D eigenvalue weighted by Gasteiger charge is -2.47. The van der Waals surface area contributed by atoms with E-state index in [1.165, 1.54) is 11.3 Å². The highest BCUT2D eigenvalue weighted by Crippen LogP contribution is 2.58. The maximum atomic E-state index is 14.5. The highest BCUT2D eigenvalue weighted by Gasteiger charge is 2.53. The Balaban J connectivity index is 1.28. The van der Waals surface area contributed by atoms with Crippen molar-refractivity contribution in [3.8, 4) is 27.3 Å². The lowest BCUT2D eigenvalue weighted by Crippen LogP contribution is -2.50. The summed E-state index contributed by atoms with van der Waals surface area (Å²) in [5.74, 6) is 6.56. The number of rotatable bonds is 10. The molecule has 2 saturated carbocycles. The Hall–Kier alpha value is -3.66. The van der Waals surface area contributed by atoms with Crippen LogP contribution in [0.1, 0.15) is 78.0 Å².